The van der Waals surface area contributed by atoms with Gasteiger partial charge in [0.25, 0.3) is 0 Å². The highest BCUT2D eigenvalue weighted by molar-refractivity contribution is 5.20. The van der Waals surface area contributed by atoms with Crippen LogP contribution in [0.25, 0.3) is 0 Å². The number of benzene rings is 1. The average molecular weight is 280 g/mol. The number of aliphatic hydroxyl groups excluding tert-OH is 1. The summed E-state index contributed by atoms with van der Waals surface area (Å²) in [4.78, 5) is 0. The molecule has 0 unspecified atom stereocenters. The van der Waals surface area contributed by atoms with Crippen LogP contribution < -0.4 is 4.74 Å². The van der Waals surface area contributed by atoms with E-state index in [1.54, 1.807) is 0 Å². The van der Waals surface area contributed by atoms with Crippen molar-refractivity contribution in [3.8, 4) is 5.75 Å². The third-order valence-electron chi connectivity index (χ3n) is 3.06. The molecule has 0 fully saturated rings. The van der Waals surface area contributed by atoms with Gasteiger partial charge in [0.2, 0.25) is 0 Å². The molecule has 0 aliphatic heterocycles. The molecule has 0 radical (unpaired) electrons. The van der Waals surface area contributed by atoms with E-state index in [0.29, 0.717) is 6.61 Å². The van der Waals surface area contributed by atoms with Crippen molar-refractivity contribution in [3.05, 3.63) is 30.3 Å². The molecule has 2 heteroatoms. The SMILES string of the molecule is CCCCCCCCCC.OCCOc1ccccc1. The summed E-state index contributed by atoms with van der Waals surface area (Å²) in [6, 6.07) is 9.43. The molecule has 20 heavy (non-hydrogen) atoms. The molecule has 0 amide bonds. The van der Waals surface area contributed by atoms with Crippen molar-refractivity contribution in [3.63, 3.8) is 0 Å². The van der Waals surface area contributed by atoms with E-state index in [-0.39, 0.29) is 6.61 Å². The first-order valence-corrected chi connectivity index (χ1v) is 8.13. The fourth-order valence-corrected chi connectivity index (χ4v) is 1.89. The van der Waals surface area contributed by atoms with Gasteiger partial charge in [-0.1, -0.05) is 83.4 Å². The molecule has 0 aliphatic rings. The number of hydrogen-bond donors (Lipinski definition) is 1. The lowest BCUT2D eigenvalue weighted by atomic mass is 10.1. The van der Waals surface area contributed by atoms with E-state index in [2.05, 4.69) is 13.8 Å². The van der Waals surface area contributed by atoms with Gasteiger partial charge in [-0.2, -0.15) is 0 Å². The van der Waals surface area contributed by atoms with Crippen LogP contribution in [0.2, 0.25) is 0 Å². The third-order valence-corrected chi connectivity index (χ3v) is 3.06. The van der Waals surface area contributed by atoms with Gasteiger partial charge in [0, 0.05) is 0 Å². The third kappa shape index (κ3) is 13.4. The molecule has 0 aliphatic carbocycles. The van der Waals surface area contributed by atoms with Crippen LogP contribution >= 0.6 is 0 Å². The molecule has 0 bridgehead atoms. The predicted octanol–water partition coefficient (Wildman–Crippen LogP) is 5.20. The van der Waals surface area contributed by atoms with Gasteiger partial charge >= 0.3 is 0 Å². The van der Waals surface area contributed by atoms with E-state index in [4.69, 9.17) is 9.84 Å². The first-order valence-electron chi connectivity index (χ1n) is 8.13. The highest BCUT2D eigenvalue weighted by Gasteiger charge is 1.88. The van der Waals surface area contributed by atoms with Crippen LogP contribution in [0.5, 0.6) is 5.75 Å². The topological polar surface area (TPSA) is 29.5 Å². The molecule has 0 spiro atoms. The van der Waals surface area contributed by atoms with Gasteiger partial charge in [-0.25, -0.2) is 0 Å². The fourth-order valence-electron chi connectivity index (χ4n) is 1.89. The largest absolute Gasteiger partial charge is 0.491 e. The van der Waals surface area contributed by atoms with Gasteiger partial charge in [0.05, 0.1) is 6.61 Å². The van der Waals surface area contributed by atoms with E-state index in [9.17, 15) is 0 Å². The first-order chi connectivity index (χ1) is 9.85. The molecule has 1 aromatic rings. The van der Waals surface area contributed by atoms with Gasteiger partial charge in [-0.05, 0) is 12.1 Å². The summed E-state index contributed by atoms with van der Waals surface area (Å²) in [5.74, 6) is 0.802. The zero-order valence-corrected chi connectivity index (χ0v) is 13.3. The van der Waals surface area contributed by atoms with E-state index in [1.807, 2.05) is 30.3 Å². The fraction of sp³-hybridized carbons (Fsp3) is 0.667. The lowest BCUT2D eigenvalue weighted by molar-refractivity contribution is 0.201. The van der Waals surface area contributed by atoms with E-state index in [1.165, 1.54) is 51.4 Å². The van der Waals surface area contributed by atoms with Crippen molar-refractivity contribution in [1.29, 1.82) is 0 Å². The maximum atomic E-state index is 8.40. The summed E-state index contributed by atoms with van der Waals surface area (Å²) in [5.41, 5.74) is 0. The number of ether oxygens (including phenoxy) is 1. The average Bonchev–Trinajstić information content (AvgIpc) is 2.50. The second kappa shape index (κ2) is 16.0. The van der Waals surface area contributed by atoms with Crippen molar-refractivity contribution in [2.75, 3.05) is 13.2 Å². The Morgan fingerprint density at radius 3 is 1.75 bits per heavy atom. The van der Waals surface area contributed by atoms with E-state index in [0.717, 1.165) is 5.75 Å². The van der Waals surface area contributed by atoms with Crippen molar-refractivity contribution >= 4 is 0 Å². The Bertz CT molecular complexity index is 264. The van der Waals surface area contributed by atoms with Crippen molar-refractivity contribution < 1.29 is 9.84 Å². The Labute approximate surface area is 125 Å². The van der Waals surface area contributed by atoms with Crippen molar-refractivity contribution in [1.82, 2.24) is 0 Å². The zero-order chi connectivity index (χ0) is 14.9. The summed E-state index contributed by atoms with van der Waals surface area (Å²) in [7, 11) is 0. The second-order valence-electron chi connectivity index (χ2n) is 5.01. The highest BCUT2D eigenvalue weighted by Crippen LogP contribution is 2.08. The van der Waals surface area contributed by atoms with Crippen molar-refractivity contribution in [2.45, 2.75) is 65.2 Å². The van der Waals surface area contributed by atoms with Crippen LogP contribution in [0.1, 0.15) is 65.2 Å². The molecule has 0 saturated heterocycles. The van der Waals surface area contributed by atoms with Gasteiger partial charge in [0.1, 0.15) is 12.4 Å². The number of aliphatic hydroxyl groups is 1. The van der Waals surface area contributed by atoms with Crippen LogP contribution in [0.3, 0.4) is 0 Å². The summed E-state index contributed by atoms with van der Waals surface area (Å²) in [5, 5.41) is 8.40. The van der Waals surface area contributed by atoms with Crippen LogP contribution in [0.15, 0.2) is 30.3 Å². The van der Waals surface area contributed by atoms with Crippen molar-refractivity contribution in [2.24, 2.45) is 0 Å². The van der Waals surface area contributed by atoms with Gasteiger partial charge in [-0.15, -0.1) is 0 Å². The standard InChI is InChI=1S/C10H22.C8H10O2/c1-3-5-7-9-10-8-6-4-2;9-6-7-10-8-4-2-1-3-5-8/h3-10H2,1-2H3;1-5,9H,6-7H2. The molecule has 0 saturated carbocycles. The maximum absolute atomic E-state index is 8.40. The minimum atomic E-state index is 0.0644. The Hall–Kier alpha value is -1.02. The minimum Gasteiger partial charge on any atom is -0.491 e. The van der Waals surface area contributed by atoms with Gasteiger partial charge < -0.3 is 9.84 Å². The summed E-state index contributed by atoms with van der Waals surface area (Å²) in [6.07, 6.45) is 11.5. The highest BCUT2D eigenvalue weighted by atomic mass is 16.5. The molecule has 1 N–H and O–H groups in total. The molecular weight excluding hydrogens is 248 g/mol. The summed E-state index contributed by atoms with van der Waals surface area (Å²) >= 11 is 0. The second-order valence-corrected chi connectivity index (χ2v) is 5.01. The molecule has 116 valence electrons. The normalized spacial score (nSPS) is 9.75. The molecule has 1 aromatic carbocycles. The molecular formula is C18H32O2. The number of para-hydroxylation sites is 1. The number of unbranched alkanes of at least 4 members (excludes halogenated alkanes) is 7. The quantitative estimate of drug-likeness (QED) is 0.596. The molecule has 0 atom stereocenters. The molecule has 1 rings (SSSR count). The Morgan fingerprint density at radius 2 is 1.30 bits per heavy atom. The van der Waals surface area contributed by atoms with Crippen LogP contribution in [-0.4, -0.2) is 18.3 Å². The van der Waals surface area contributed by atoms with Crippen LogP contribution in [0.4, 0.5) is 0 Å². The van der Waals surface area contributed by atoms with E-state index < -0.39 is 0 Å². The summed E-state index contributed by atoms with van der Waals surface area (Å²) < 4.78 is 5.11. The predicted molar refractivity (Wildman–Crippen MR) is 87.3 cm³/mol. The van der Waals surface area contributed by atoms with Gasteiger partial charge in [-0.3, -0.25) is 0 Å². The van der Waals surface area contributed by atoms with E-state index >= 15 is 0 Å². The smallest absolute Gasteiger partial charge is 0.119 e. The lowest BCUT2D eigenvalue weighted by Gasteiger charge is -2.01. The van der Waals surface area contributed by atoms with Crippen LogP contribution in [0, 0.1) is 0 Å². The minimum absolute atomic E-state index is 0.0644. The van der Waals surface area contributed by atoms with Crippen LogP contribution in [-0.2, 0) is 0 Å². The lowest BCUT2D eigenvalue weighted by Crippen LogP contribution is -2.00. The summed E-state index contributed by atoms with van der Waals surface area (Å²) in [6.45, 7) is 4.97. The Morgan fingerprint density at radius 1 is 0.800 bits per heavy atom. The Kier molecular flexibility index (Phi) is 15.2. The Balaban J connectivity index is 0.000000361. The number of hydrogen-bond acceptors (Lipinski definition) is 2. The molecule has 2 nitrogen and oxygen atoms in total. The zero-order valence-electron chi connectivity index (χ0n) is 13.3. The number of rotatable bonds is 10. The maximum Gasteiger partial charge on any atom is 0.119 e. The molecule has 0 aromatic heterocycles. The van der Waals surface area contributed by atoms with Gasteiger partial charge in [0.15, 0.2) is 0 Å². The molecule has 0 heterocycles. The first kappa shape index (κ1) is 19.0. The monoisotopic (exact) mass is 280 g/mol.